The quantitative estimate of drug-likeness (QED) is 0.267. The minimum absolute atomic E-state index is 0.355. The topological polar surface area (TPSA) is 88.1 Å². The van der Waals surface area contributed by atoms with E-state index in [9.17, 15) is 0 Å². The number of nitrogen functional groups attached to an aromatic ring is 1. The molecule has 7 nitrogen and oxygen atoms in total. The van der Waals surface area contributed by atoms with Gasteiger partial charge in [0.15, 0.2) is 5.65 Å². The van der Waals surface area contributed by atoms with Crippen LogP contribution in [0, 0.1) is 6.92 Å². The number of ether oxygens (including phenoxy) is 2. The fourth-order valence-electron chi connectivity index (χ4n) is 4.90. The molecule has 0 bridgehead atoms. The minimum Gasteiger partial charge on any atom is -0.489 e. The van der Waals surface area contributed by atoms with E-state index >= 15 is 0 Å². The van der Waals surface area contributed by atoms with E-state index in [0.29, 0.717) is 24.2 Å². The molecule has 1 aliphatic rings. The molecule has 2 heterocycles. The highest BCUT2D eigenvalue weighted by atomic mass is 16.5. The first-order valence-electron chi connectivity index (χ1n) is 12.7. The Morgan fingerprint density at radius 3 is 2.43 bits per heavy atom. The molecular weight excluding hydrogens is 462 g/mol. The Bertz CT molecular complexity index is 1520. The molecule has 0 spiro atoms. The Kier molecular flexibility index (Phi) is 6.18. The lowest BCUT2D eigenvalue weighted by Gasteiger charge is -2.10. The number of nitrogens with zero attached hydrogens (tertiary/aromatic N) is 4. The third kappa shape index (κ3) is 4.85. The summed E-state index contributed by atoms with van der Waals surface area (Å²) in [6.45, 7) is 2.58. The van der Waals surface area contributed by atoms with E-state index in [1.54, 1.807) is 0 Å². The maximum absolute atomic E-state index is 6.28. The van der Waals surface area contributed by atoms with E-state index < -0.39 is 0 Å². The number of nitrogens with two attached hydrogens (primary N) is 1. The number of fused-ring (bicyclic) bond motifs is 1. The normalized spacial score (nSPS) is 13.8. The van der Waals surface area contributed by atoms with Gasteiger partial charge in [-0.3, -0.25) is 0 Å². The van der Waals surface area contributed by atoms with Gasteiger partial charge in [0.2, 0.25) is 0 Å². The average Bonchev–Trinajstić information content (AvgIpc) is 3.58. The summed E-state index contributed by atoms with van der Waals surface area (Å²) >= 11 is 0. The van der Waals surface area contributed by atoms with Crippen molar-refractivity contribution < 1.29 is 9.47 Å². The van der Waals surface area contributed by atoms with Crippen LogP contribution >= 0.6 is 0 Å². The summed E-state index contributed by atoms with van der Waals surface area (Å²) in [4.78, 5) is 8.76. The molecule has 3 aromatic carbocycles. The monoisotopic (exact) mass is 491 g/mol. The molecule has 1 fully saturated rings. The van der Waals surface area contributed by atoms with E-state index in [-0.39, 0.29) is 0 Å². The summed E-state index contributed by atoms with van der Waals surface area (Å²) in [5.41, 5.74) is 11.2. The van der Waals surface area contributed by atoms with Crippen LogP contribution in [0.4, 0.5) is 5.82 Å². The second-order valence-corrected chi connectivity index (χ2v) is 9.56. The standard InChI is InChI=1S/C30H29N5O2/c1-20-9-11-21(12-10-20)18-36-25-7-4-8-26(17-25)37-24-15-13-22(14-16-24)28-27-29(31)32-19-33-30(27)35(34-28)23-5-2-3-6-23/h4,7-17,19,23H,2-3,5-6,18H2,1H3,(H2,31,32,33). The Morgan fingerprint density at radius 2 is 1.65 bits per heavy atom. The highest BCUT2D eigenvalue weighted by Crippen LogP contribution is 2.37. The lowest BCUT2D eigenvalue weighted by molar-refractivity contribution is 0.304. The highest BCUT2D eigenvalue weighted by molar-refractivity contribution is 5.98. The van der Waals surface area contributed by atoms with E-state index in [0.717, 1.165) is 52.2 Å². The number of anilines is 1. The summed E-state index contributed by atoms with van der Waals surface area (Å²) in [5.74, 6) is 2.65. The fraction of sp³-hybridized carbons (Fsp3) is 0.233. The smallest absolute Gasteiger partial charge is 0.164 e. The molecule has 0 radical (unpaired) electrons. The lowest BCUT2D eigenvalue weighted by Crippen LogP contribution is -2.07. The summed E-state index contributed by atoms with van der Waals surface area (Å²) in [6.07, 6.45) is 6.17. The van der Waals surface area contributed by atoms with Crippen molar-refractivity contribution in [3.05, 3.63) is 90.3 Å². The molecule has 2 aromatic heterocycles. The van der Waals surface area contributed by atoms with Gasteiger partial charge in [-0.05, 0) is 61.7 Å². The zero-order valence-electron chi connectivity index (χ0n) is 20.8. The Balaban J connectivity index is 1.20. The van der Waals surface area contributed by atoms with Gasteiger partial charge in [0.25, 0.3) is 0 Å². The van der Waals surface area contributed by atoms with Gasteiger partial charge in [-0.1, -0.05) is 48.7 Å². The van der Waals surface area contributed by atoms with Gasteiger partial charge >= 0.3 is 0 Å². The van der Waals surface area contributed by atoms with Crippen molar-refractivity contribution in [3.8, 4) is 28.5 Å². The van der Waals surface area contributed by atoms with E-state index in [1.165, 1.54) is 24.7 Å². The zero-order valence-corrected chi connectivity index (χ0v) is 20.8. The van der Waals surface area contributed by atoms with E-state index in [4.69, 9.17) is 20.3 Å². The van der Waals surface area contributed by atoms with Crippen molar-refractivity contribution in [1.29, 1.82) is 0 Å². The van der Waals surface area contributed by atoms with Gasteiger partial charge in [-0.25, -0.2) is 14.6 Å². The average molecular weight is 492 g/mol. The summed E-state index contributed by atoms with van der Waals surface area (Å²) in [6, 6.07) is 24.3. The third-order valence-corrected chi connectivity index (χ3v) is 6.88. The number of aromatic nitrogens is 4. The molecule has 0 saturated heterocycles. The molecule has 0 aliphatic heterocycles. The predicted octanol–water partition coefficient (Wildman–Crippen LogP) is 6.87. The number of rotatable bonds is 7. The highest BCUT2D eigenvalue weighted by Gasteiger charge is 2.24. The van der Waals surface area contributed by atoms with Crippen LogP contribution in [0.5, 0.6) is 17.2 Å². The summed E-state index contributed by atoms with van der Waals surface area (Å²) in [5, 5.41) is 5.76. The van der Waals surface area contributed by atoms with Crippen molar-refractivity contribution in [2.24, 2.45) is 0 Å². The SMILES string of the molecule is Cc1ccc(COc2cccc(Oc3ccc(-c4nn(C5CCCC5)c5ncnc(N)c45)cc3)c2)cc1. The molecule has 0 atom stereocenters. The van der Waals surface area contributed by atoms with Crippen LogP contribution in [0.15, 0.2) is 79.1 Å². The van der Waals surface area contributed by atoms with Gasteiger partial charge in [0.05, 0.1) is 11.4 Å². The van der Waals surface area contributed by atoms with Gasteiger partial charge in [-0.2, -0.15) is 5.10 Å². The van der Waals surface area contributed by atoms with E-state index in [2.05, 4.69) is 41.2 Å². The van der Waals surface area contributed by atoms with Crippen molar-refractivity contribution in [2.75, 3.05) is 5.73 Å². The molecule has 0 amide bonds. The van der Waals surface area contributed by atoms with Crippen molar-refractivity contribution in [2.45, 2.75) is 45.3 Å². The van der Waals surface area contributed by atoms with Gasteiger partial charge < -0.3 is 15.2 Å². The van der Waals surface area contributed by atoms with Gasteiger partial charge in [0, 0.05) is 11.6 Å². The summed E-state index contributed by atoms with van der Waals surface area (Å²) < 4.78 is 14.1. The third-order valence-electron chi connectivity index (χ3n) is 6.88. The first-order chi connectivity index (χ1) is 18.1. The second-order valence-electron chi connectivity index (χ2n) is 9.56. The number of hydrogen-bond donors (Lipinski definition) is 1. The van der Waals surface area contributed by atoms with Crippen LogP contribution in [-0.2, 0) is 6.61 Å². The molecule has 1 saturated carbocycles. The molecular formula is C30H29N5O2. The molecule has 5 aromatic rings. The maximum atomic E-state index is 6.28. The summed E-state index contributed by atoms with van der Waals surface area (Å²) in [7, 11) is 0. The number of hydrogen-bond acceptors (Lipinski definition) is 6. The molecule has 6 rings (SSSR count). The van der Waals surface area contributed by atoms with Crippen LogP contribution in [0.3, 0.4) is 0 Å². The zero-order chi connectivity index (χ0) is 25.2. The molecule has 37 heavy (non-hydrogen) atoms. The molecule has 0 unspecified atom stereocenters. The van der Waals surface area contributed by atoms with Crippen molar-refractivity contribution in [3.63, 3.8) is 0 Å². The van der Waals surface area contributed by atoms with Crippen LogP contribution in [0.1, 0.15) is 42.9 Å². The first kappa shape index (κ1) is 23.0. The lowest BCUT2D eigenvalue weighted by atomic mass is 10.1. The first-order valence-corrected chi connectivity index (χ1v) is 12.7. The molecule has 2 N–H and O–H groups in total. The van der Waals surface area contributed by atoms with Crippen LogP contribution in [-0.4, -0.2) is 19.7 Å². The van der Waals surface area contributed by atoms with Gasteiger partial charge in [-0.15, -0.1) is 0 Å². The van der Waals surface area contributed by atoms with Crippen LogP contribution < -0.4 is 15.2 Å². The molecule has 1 aliphatic carbocycles. The minimum atomic E-state index is 0.355. The Hall–Kier alpha value is -4.39. The molecule has 186 valence electrons. The van der Waals surface area contributed by atoms with E-state index in [1.807, 2.05) is 53.2 Å². The Labute approximate surface area is 215 Å². The van der Waals surface area contributed by atoms with Crippen molar-refractivity contribution in [1.82, 2.24) is 19.7 Å². The number of aryl methyl sites for hydroxylation is 1. The fourth-order valence-corrected chi connectivity index (χ4v) is 4.90. The Morgan fingerprint density at radius 1 is 0.892 bits per heavy atom. The van der Waals surface area contributed by atoms with Crippen LogP contribution in [0.2, 0.25) is 0 Å². The second kappa shape index (κ2) is 9.93. The molecule has 7 heteroatoms. The van der Waals surface area contributed by atoms with Crippen molar-refractivity contribution >= 4 is 16.9 Å². The van der Waals surface area contributed by atoms with Gasteiger partial charge in [0.1, 0.15) is 41.7 Å². The largest absolute Gasteiger partial charge is 0.489 e. The maximum Gasteiger partial charge on any atom is 0.164 e. The predicted molar refractivity (Wildman–Crippen MR) is 145 cm³/mol. The number of benzene rings is 3. The van der Waals surface area contributed by atoms with Crippen LogP contribution in [0.25, 0.3) is 22.3 Å².